The van der Waals surface area contributed by atoms with Gasteiger partial charge in [0.1, 0.15) is 0 Å². The van der Waals surface area contributed by atoms with Gasteiger partial charge in [0.25, 0.3) is 0 Å². The molecule has 2 unspecified atom stereocenters. The van der Waals surface area contributed by atoms with Gasteiger partial charge in [0.05, 0.1) is 22.5 Å². The van der Waals surface area contributed by atoms with Crippen LogP contribution >= 0.6 is 15.9 Å². The lowest BCUT2D eigenvalue weighted by Crippen LogP contribution is -2.22. The summed E-state index contributed by atoms with van der Waals surface area (Å²) in [7, 11) is 1.93. The molecule has 1 aliphatic rings. The molecule has 1 saturated heterocycles. The Bertz CT molecular complexity index is 341. The Labute approximate surface area is 111 Å². The van der Waals surface area contributed by atoms with Crippen molar-refractivity contribution < 1.29 is 4.74 Å². The van der Waals surface area contributed by atoms with E-state index in [0.29, 0.717) is 6.10 Å². The second kappa shape index (κ2) is 5.98. The highest BCUT2D eigenvalue weighted by molar-refractivity contribution is 9.10. The highest BCUT2D eigenvalue weighted by atomic mass is 79.9. The fourth-order valence-electron chi connectivity index (χ4n) is 2.37. The third-order valence-electron chi connectivity index (χ3n) is 3.36. The Morgan fingerprint density at radius 1 is 1.65 bits per heavy atom. The van der Waals surface area contributed by atoms with E-state index in [9.17, 15) is 0 Å². The van der Waals surface area contributed by atoms with Crippen molar-refractivity contribution in [2.45, 2.75) is 44.2 Å². The molecule has 1 aliphatic heterocycles. The van der Waals surface area contributed by atoms with Gasteiger partial charge in [0.15, 0.2) is 0 Å². The van der Waals surface area contributed by atoms with Crippen molar-refractivity contribution >= 4 is 15.9 Å². The number of nitrogens with zero attached hydrogens (tertiary/aromatic N) is 2. The Morgan fingerprint density at radius 3 is 3.06 bits per heavy atom. The van der Waals surface area contributed by atoms with E-state index in [2.05, 4.69) is 21.0 Å². The second-order valence-corrected chi connectivity index (χ2v) is 5.53. The first-order chi connectivity index (χ1) is 8.18. The minimum absolute atomic E-state index is 0.0300. The van der Waals surface area contributed by atoms with Gasteiger partial charge in [-0.1, -0.05) is 0 Å². The molecule has 0 radical (unpaired) electrons. The molecule has 0 aliphatic carbocycles. The van der Waals surface area contributed by atoms with Crippen LogP contribution in [0, 0.1) is 0 Å². The first-order valence-corrected chi connectivity index (χ1v) is 7.02. The predicted octanol–water partition coefficient (Wildman–Crippen LogP) is 2.53. The fraction of sp³-hybridized carbons (Fsp3) is 0.750. The summed E-state index contributed by atoms with van der Waals surface area (Å²) >= 11 is 3.49. The summed E-state index contributed by atoms with van der Waals surface area (Å²) < 4.78 is 8.56. The van der Waals surface area contributed by atoms with Crippen LogP contribution in [0.25, 0.3) is 0 Å². The van der Waals surface area contributed by atoms with Crippen molar-refractivity contribution in [1.29, 1.82) is 0 Å². The number of aryl methyl sites for hydroxylation is 1. The van der Waals surface area contributed by atoms with Crippen molar-refractivity contribution in [3.05, 3.63) is 16.4 Å². The van der Waals surface area contributed by atoms with E-state index in [1.165, 1.54) is 19.3 Å². The molecule has 0 bridgehead atoms. The number of rotatable bonds is 4. The van der Waals surface area contributed by atoms with E-state index < -0.39 is 0 Å². The lowest BCUT2D eigenvalue weighted by Gasteiger charge is -2.23. The number of halogens is 1. The number of ether oxygens (including phenoxy) is 1. The molecule has 1 aromatic rings. The first-order valence-electron chi connectivity index (χ1n) is 6.23. The Hall–Kier alpha value is -0.390. The van der Waals surface area contributed by atoms with Gasteiger partial charge >= 0.3 is 0 Å². The van der Waals surface area contributed by atoms with Gasteiger partial charge in [0.2, 0.25) is 0 Å². The third-order valence-corrected chi connectivity index (χ3v) is 3.97. The second-order valence-electron chi connectivity index (χ2n) is 4.67. The minimum atomic E-state index is 0.0300. The molecule has 1 aromatic heterocycles. The molecule has 0 saturated carbocycles. The van der Waals surface area contributed by atoms with Gasteiger partial charge in [-0.2, -0.15) is 5.10 Å². The summed E-state index contributed by atoms with van der Waals surface area (Å²) in [5.74, 6) is 0. The lowest BCUT2D eigenvalue weighted by atomic mass is 10.0. The number of nitrogens with two attached hydrogens (primary N) is 1. The lowest BCUT2D eigenvalue weighted by molar-refractivity contribution is 0.00901. The monoisotopic (exact) mass is 301 g/mol. The topological polar surface area (TPSA) is 53.1 Å². The van der Waals surface area contributed by atoms with Crippen LogP contribution in [0.3, 0.4) is 0 Å². The van der Waals surface area contributed by atoms with Crippen LogP contribution in [-0.2, 0) is 11.8 Å². The van der Waals surface area contributed by atoms with Gasteiger partial charge in [0, 0.05) is 19.7 Å². The average molecular weight is 302 g/mol. The van der Waals surface area contributed by atoms with E-state index in [0.717, 1.165) is 29.6 Å². The molecule has 17 heavy (non-hydrogen) atoms. The molecule has 2 N–H and O–H groups in total. The van der Waals surface area contributed by atoms with E-state index in [-0.39, 0.29) is 6.04 Å². The van der Waals surface area contributed by atoms with Gasteiger partial charge in [-0.05, 0) is 48.0 Å². The first kappa shape index (κ1) is 13.1. The number of hydrogen-bond donors (Lipinski definition) is 1. The van der Waals surface area contributed by atoms with E-state index in [4.69, 9.17) is 10.5 Å². The van der Waals surface area contributed by atoms with Gasteiger partial charge < -0.3 is 10.5 Å². The summed E-state index contributed by atoms with van der Waals surface area (Å²) in [5, 5.41) is 4.19. The Balaban J connectivity index is 1.86. The molecule has 2 heterocycles. The van der Waals surface area contributed by atoms with Crippen molar-refractivity contribution in [3.8, 4) is 0 Å². The van der Waals surface area contributed by atoms with E-state index in [1.807, 2.05) is 11.7 Å². The maximum Gasteiger partial charge on any atom is 0.0690 e. The van der Waals surface area contributed by atoms with Crippen LogP contribution in [0.4, 0.5) is 0 Å². The molecule has 0 amide bonds. The van der Waals surface area contributed by atoms with Crippen molar-refractivity contribution in [2.24, 2.45) is 12.8 Å². The highest BCUT2D eigenvalue weighted by Gasteiger charge is 2.19. The van der Waals surface area contributed by atoms with Crippen molar-refractivity contribution in [2.75, 3.05) is 6.61 Å². The van der Waals surface area contributed by atoms with E-state index in [1.54, 1.807) is 6.20 Å². The predicted molar refractivity (Wildman–Crippen MR) is 70.7 cm³/mol. The standard InChI is InChI=1S/C12H20BrN3O/c1-16-12(10(13)8-15-16)11(14)6-5-9-4-2-3-7-17-9/h8-9,11H,2-7,14H2,1H3. The molecule has 2 atom stereocenters. The summed E-state index contributed by atoms with van der Waals surface area (Å²) in [4.78, 5) is 0. The maximum atomic E-state index is 6.21. The molecule has 96 valence electrons. The molecule has 4 nitrogen and oxygen atoms in total. The molecule has 1 fully saturated rings. The number of aromatic nitrogens is 2. The third kappa shape index (κ3) is 3.30. The van der Waals surface area contributed by atoms with Crippen LogP contribution in [0.1, 0.15) is 43.8 Å². The highest BCUT2D eigenvalue weighted by Crippen LogP contribution is 2.26. The van der Waals surface area contributed by atoms with E-state index >= 15 is 0 Å². The molecular formula is C12H20BrN3O. The quantitative estimate of drug-likeness (QED) is 0.930. The minimum Gasteiger partial charge on any atom is -0.378 e. The normalized spacial score (nSPS) is 22.6. The van der Waals surface area contributed by atoms with Gasteiger partial charge in [-0.25, -0.2) is 0 Å². The molecule has 5 heteroatoms. The van der Waals surface area contributed by atoms with Gasteiger partial charge in [-0.15, -0.1) is 0 Å². The molecule has 0 spiro atoms. The zero-order chi connectivity index (χ0) is 12.3. The summed E-state index contributed by atoms with van der Waals surface area (Å²) in [6.45, 7) is 0.912. The average Bonchev–Trinajstić information content (AvgIpc) is 2.67. The summed E-state index contributed by atoms with van der Waals surface area (Å²) in [5.41, 5.74) is 7.28. The largest absolute Gasteiger partial charge is 0.378 e. The van der Waals surface area contributed by atoms with Crippen LogP contribution < -0.4 is 5.73 Å². The maximum absolute atomic E-state index is 6.21. The smallest absolute Gasteiger partial charge is 0.0690 e. The van der Waals surface area contributed by atoms with Crippen LogP contribution in [0.5, 0.6) is 0 Å². The fourth-order valence-corrected chi connectivity index (χ4v) is 3.02. The Morgan fingerprint density at radius 2 is 2.47 bits per heavy atom. The number of hydrogen-bond acceptors (Lipinski definition) is 3. The zero-order valence-corrected chi connectivity index (χ0v) is 11.8. The van der Waals surface area contributed by atoms with Crippen LogP contribution in [-0.4, -0.2) is 22.5 Å². The van der Waals surface area contributed by atoms with Crippen molar-refractivity contribution in [3.63, 3.8) is 0 Å². The van der Waals surface area contributed by atoms with Crippen molar-refractivity contribution in [1.82, 2.24) is 9.78 Å². The Kier molecular flexibility index (Phi) is 4.59. The van der Waals surface area contributed by atoms with Crippen LogP contribution in [0.2, 0.25) is 0 Å². The molecule has 0 aromatic carbocycles. The summed E-state index contributed by atoms with van der Waals surface area (Å²) in [6, 6.07) is 0.0300. The zero-order valence-electron chi connectivity index (χ0n) is 10.2. The van der Waals surface area contributed by atoms with Gasteiger partial charge in [-0.3, -0.25) is 4.68 Å². The SMILES string of the molecule is Cn1ncc(Br)c1C(N)CCC1CCCCO1. The summed E-state index contributed by atoms with van der Waals surface area (Å²) in [6.07, 6.45) is 7.86. The molecular weight excluding hydrogens is 282 g/mol. The molecule has 2 rings (SSSR count). The van der Waals surface area contributed by atoms with Crippen LogP contribution in [0.15, 0.2) is 10.7 Å².